The minimum atomic E-state index is -0.951. The van der Waals surface area contributed by atoms with E-state index in [4.69, 9.17) is 9.26 Å². The predicted octanol–water partition coefficient (Wildman–Crippen LogP) is -1.09. The van der Waals surface area contributed by atoms with E-state index in [2.05, 4.69) is 31.7 Å². The molecule has 3 atom stereocenters. The van der Waals surface area contributed by atoms with Crippen molar-refractivity contribution in [2.24, 2.45) is 11.8 Å². The van der Waals surface area contributed by atoms with E-state index in [1.54, 1.807) is 11.8 Å². The number of aromatic nitrogens is 1. The Hall–Kier alpha value is -3.85. The molecule has 0 saturated carbocycles. The summed E-state index contributed by atoms with van der Waals surface area (Å²) in [5.41, 5.74) is -0.645. The van der Waals surface area contributed by atoms with Crippen LogP contribution in [0.25, 0.3) is 0 Å². The molecular weight excluding hydrogens is 574 g/mol. The van der Waals surface area contributed by atoms with E-state index < -0.39 is 47.9 Å². The molecule has 0 aliphatic carbocycles. The first-order valence-electron chi connectivity index (χ1n) is 15.0. The van der Waals surface area contributed by atoms with Crippen molar-refractivity contribution in [1.29, 1.82) is 0 Å². The van der Waals surface area contributed by atoms with Crippen LogP contribution < -0.4 is 26.6 Å². The Bertz CT molecular complexity index is 1200. The van der Waals surface area contributed by atoms with E-state index in [0.717, 1.165) is 0 Å². The Kier molecular flexibility index (Phi) is 12.4. The number of rotatable bonds is 16. The summed E-state index contributed by atoms with van der Waals surface area (Å²) in [6.45, 7) is 11.3. The predicted molar refractivity (Wildman–Crippen MR) is 157 cm³/mol. The summed E-state index contributed by atoms with van der Waals surface area (Å²) in [6, 6.07) is -0.282. The molecule has 2 aliphatic heterocycles. The first-order chi connectivity index (χ1) is 20.8. The number of nitrogens with zero attached hydrogens (tertiary/aromatic N) is 2. The van der Waals surface area contributed by atoms with Crippen molar-refractivity contribution in [2.45, 2.75) is 71.6 Å². The van der Waals surface area contributed by atoms with Crippen molar-refractivity contribution < 1.29 is 38.0 Å². The molecule has 3 heterocycles. The molecule has 0 aromatic carbocycles. The van der Waals surface area contributed by atoms with Gasteiger partial charge in [0.05, 0.1) is 37.9 Å². The second-order valence-electron chi connectivity index (χ2n) is 12.3. The van der Waals surface area contributed by atoms with Crippen molar-refractivity contribution in [3.63, 3.8) is 0 Å². The topological polar surface area (TPSA) is 204 Å². The van der Waals surface area contributed by atoms with Gasteiger partial charge in [-0.3, -0.25) is 28.8 Å². The molecular formula is C29H45N7O8. The third-order valence-electron chi connectivity index (χ3n) is 7.20. The number of nitrogens with one attached hydrogen (secondary N) is 5. The van der Waals surface area contributed by atoms with Crippen LogP contribution in [0.4, 0.5) is 0 Å². The number of hydrogen-bond donors (Lipinski definition) is 5. The number of epoxide rings is 1. The van der Waals surface area contributed by atoms with Crippen LogP contribution in [0.15, 0.2) is 10.6 Å². The van der Waals surface area contributed by atoms with Gasteiger partial charge in [0.25, 0.3) is 5.91 Å². The summed E-state index contributed by atoms with van der Waals surface area (Å²) in [5.74, 6) is -2.51. The molecule has 5 amide bonds. The molecule has 1 aromatic heterocycles. The molecule has 244 valence electrons. The zero-order valence-corrected chi connectivity index (χ0v) is 26.1. The Morgan fingerprint density at radius 3 is 2.07 bits per heavy atom. The quantitative estimate of drug-likeness (QED) is 0.142. The van der Waals surface area contributed by atoms with Gasteiger partial charge in [-0.1, -0.05) is 32.9 Å². The summed E-state index contributed by atoms with van der Waals surface area (Å²) in [4.78, 5) is 77.4. The van der Waals surface area contributed by atoms with Crippen molar-refractivity contribution in [2.75, 3.05) is 45.9 Å². The highest BCUT2D eigenvalue weighted by molar-refractivity contribution is 5.97. The average molecular weight is 620 g/mol. The minimum Gasteiger partial charge on any atom is -0.361 e. The number of ether oxygens (including phenoxy) is 1. The van der Waals surface area contributed by atoms with Gasteiger partial charge in [-0.2, -0.15) is 0 Å². The fraction of sp³-hybridized carbons (Fsp3) is 0.690. The van der Waals surface area contributed by atoms with E-state index in [9.17, 15) is 28.8 Å². The van der Waals surface area contributed by atoms with Crippen LogP contribution in [0.1, 0.15) is 63.7 Å². The minimum absolute atomic E-state index is 0.0343. The van der Waals surface area contributed by atoms with Gasteiger partial charge in [0.2, 0.25) is 29.4 Å². The smallest absolute Gasteiger partial charge is 0.292 e. The summed E-state index contributed by atoms with van der Waals surface area (Å²) >= 11 is 0. The zero-order valence-electron chi connectivity index (χ0n) is 26.1. The number of carbonyl (C=O) groups excluding carboxylic acids is 6. The Labute approximate surface area is 256 Å². The van der Waals surface area contributed by atoms with E-state index in [1.165, 1.54) is 6.07 Å². The molecule has 0 radical (unpaired) electrons. The highest BCUT2D eigenvalue weighted by Crippen LogP contribution is 2.29. The molecule has 5 N–H and O–H groups in total. The highest BCUT2D eigenvalue weighted by Gasteiger charge is 2.50. The summed E-state index contributed by atoms with van der Waals surface area (Å²) in [5, 5.41) is 17.2. The lowest BCUT2D eigenvalue weighted by Gasteiger charge is -2.26. The van der Waals surface area contributed by atoms with Gasteiger partial charge in [0.1, 0.15) is 11.6 Å². The van der Waals surface area contributed by atoms with Gasteiger partial charge < -0.3 is 40.7 Å². The van der Waals surface area contributed by atoms with Gasteiger partial charge in [0.15, 0.2) is 5.78 Å². The van der Waals surface area contributed by atoms with Gasteiger partial charge in [-0.15, -0.1) is 0 Å². The first kappa shape index (κ1) is 34.6. The van der Waals surface area contributed by atoms with E-state index in [-0.39, 0.29) is 47.9 Å². The van der Waals surface area contributed by atoms with Crippen LogP contribution in [-0.4, -0.2) is 109 Å². The van der Waals surface area contributed by atoms with E-state index in [0.29, 0.717) is 45.6 Å². The summed E-state index contributed by atoms with van der Waals surface area (Å²) in [7, 11) is 0. The van der Waals surface area contributed by atoms with Crippen LogP contribution in [0.5, 0.6) is 0 Å². The Balaban J connectivity index is 1.45. The lowest BCUT2D eigenvalue weighted by molar-refractivity contribution is -0.132. The third kappa shape index (κ3) is 10.7. The van der Waals surface area contributed by atoms with Crippen LogP contribution in [-0.2, 0) is 35.1 Å². The zero-order chi connectivity index (χ0) is 32.4. The van der Waals surface area contributed by atoms with Crippen LogP contribution in [0.2, 0.25) is 0 Å². The number of hydrogen-bond acceptors (Lipinski definition) is 10. The normalized spacial score (nSPS) is 19.2. The van der Waals surface area contributed by atoms with Gasteiger partial charge in [-0.05, 0) is 31.6 Å². The fourth-order valence-electron chi connectivity index (χ4n) is 4.73. The summed E-state index contributed by atoms with van der Waals surface area (Å²) < 4.78 is 10.4. The fourth-order valence-corrected chi connectivity index (χ4v) is 4.73. The van der Waals surface area contributed by atoms with Gasteiger partial charge in [-0.25, -0.2) is 0 Å². The Morgan fingerprint density at radius 1 is 0.909 bits per heavy atom. The SMILES string of the molecule is CC(C)CC(NC(=O)CNC(=O)Cc1cc(C(=O)N2CCNCC2)on1)C(=O)NCC(=O)NC(CC(C)C)C(=O)C1(C)CO1. The molecule has 2 fully saturated rings. The molecule has 15 nitrogen and oxygen atoms in total. The van der Waals surface area contributed by atoms with Crippen LogP contribution >= 0.6 is 0 Å². The summed E-state index contributed by atoms with van der Waals surface area (Å²) in [6.07, 6.45) is 0.518. The molecule has 1 aromatic rings. The molecule has 2 saturated heterocycles. The number of Topliss-reactive ketones (excluding diaryl/α,β-unsaturated/α-hetero) is 1. The molecule has 0 bridgehead atoms. The van der Waals surface area contributed by atoms with Crippen molar-refractivity contribution in [1.82, 2.24) is 36.6 Å². The standard InChI is InChI=1S/C29H45N7O8/c1-17(2)10-20(26(40)29(5)16-43-29)33-25(39)15-32-27(41)21(11-18(3)4)34-24(38)14-31-23(37)13-19-12-22(44-35-19)28(42)36-8-6-30-7-9-36/h12,17-18,20-21,30H,6-11,13-16H2,1-5H3,(H,31,37)(H,32,41)(H,33,39)(H,34,38). The van der Waals surface area contributed by atoms with Crippen molar-refractivity contribution >= 4 is 35.3 Å². The second kappa shape index (κ2) is 15.7. The van der Waals surface area contributed by atoms with Crippen LogP contribution in [0, 0.1) is 11.8 Å². The van der Waals surface area contributed by atoms with E-state index in [1.807, 2.05) is 27.7 Å². The molecule has 0 spiro atoms. The molecule has 3 rings (SSSR count). The van der Waals surface area contributed by atoms with Gasteiger partial charge in [0, 0.05) is 32.2 Å². The largest absolute Gasteiger partial charge is 0.361 e. The van der Waals surface area contributed by atoms with E-state index >= 15 is 0 Å². The molecule has 44 heavy (non-hydrogen) atoms. The lowest BCUT2D eigenvalue weighted by atomic mass is 9.93. The Morgan fingerprint density at radius 2 is 1.48 bits per heavy atom. The highest BCUT2D eigenvalue weighted by atomic mass is 16.6. The van der Waals surface area contributed by atoms with Crippen molar-refractivity contribution in [3.8, 4) is 0 Å². The van der Waals surface area contributed by atoms with Gasteiger partial charge >= 0.3 is 0 Å². The number of ketones is 1. The lowest BCUT2D eigenvalue weighted by Crippen LogP contribution is -2.53. The van der Waals surface area contributed by atoms with Crippen LogP contribution in [0.3, 0.4) is 0 Å². The molecule has 3 unspecified atom stereocenters. The molecule has 15 heteroatoms. The third-order valence-corrected chi connectivity index (χ3v) is 7.20. The maximum absolute atomic E-state index is 12.9. The second-order valence-corrected chi connectivity index (χ2v) is 12.3. The number of carbonyl (C=O) groups is 6. The molecule has 2 aliphatic rings. The van der Waals surface area contributed by atoms with Crippen molar-refractivity contribution in [3.05, 3.63) is 17.5 Å². The first-order valence-corrected chi connectivity index (χ1v) is 15.0. The average Bonchev–Trinajstić information content (AvgIpc) is 3.56. The maximum atomic E-state index is 12.9. The number of amides is 5. The number of piperazine rings is 1. The monoisotopic (exact) mass is 619 g/mol. The maximum Gasteiger partial charge on any atom is 0.292 e.